The molecule has 3 nitrogen and oxygen atoms in total. The summed E-state index contributed by atoms with van der Waals surface area (Å²) in [5.41, 5.74) is 2.23. The van der Waals surface area contributed by atoms with E-state index in [4.69, 9.17) is 0 Å². The molecule has 0 unspecified atom stereocenters. The number of nitrogens with zero attached hydrogens (tertiary/aromatic N) is 2. The zero-order chi connectivity index (χ0) is 11.7. The van der Waals surface area contributed by atoms with E-state index in [9.17, 15) is 0 Å². The Morgan fingerprint density at radius 1 is 1.35 bits per heavy atom. The highest BCUT2D eigenvalue weighted by molar-refractivity contribution is 14.1. The van der Waals surface area contributed by atoms with Crippen molar-refractivity contribution < 1.29 is 0 Å². The van der Waals surface area contributed by atoms with Gasteiger partial charge in [0.2, 0.25) is 0 Å². The molecule has 0 radical (unpaired) electrons. The van der Waals surface area contributed by atoms with Crippen molar-refractivity contribution >= 4 is 22.6 Å². The van der Waals surface area contributed by atoms with Crippen molar-refractivity contribution in [1.29, 1.82) is 0 Å². The van der Waals surface area contributed by atoms with Gasteiger partial charge in [-0.25, -0.2) is 4.68 Å². The molecule has 0 aliphatic heterocycles. The van der Waals surface area contributed by atoms with Crippen molar-refractivity contribution in [3.05, 3.63) is 45.8 Å². The van der Waals surface area contributed by atoms with E-state index in [2.05, 4.69) is 63.3 Å². The number of rotatable bonds is 4. The first-order valence-electron chi connectivity index (χ1n) is 5.85. The standard InChI is InChI=1S/C13H14IN3/c14-10-2-1-3-13(8-10)17-7-6-12(16-17)9-15-11-4-5-11/h1-3,6-8,11,15H,4-5,9H2. The van der Waals surface area contributed by atoms with Gasteiger partial charge in [0.25, 0.3) is 0 Å². The first-order chi connectivity index (χ1) is 8.31. The van der Waals surface area contributed by atoms with Gasteiger partial charge in [0.1, 0.15) is 0 Å². The lowest BCUT2D eigenvalue weighted by Gasteiger charge is -2.02. The Labute approximate surface area is 114 Å². The van der Waals surface area contributed by atoms with Crippen molar-refractivity contribution in [2.75, 3.05) is 0 Å². The van der Waals surface area contributed by atoms with Gasteiger partial charge in [-0.2, -0.15) is 5.10 Å². The van der Waals surface area contributed by atoms with E-state index >= 15 is 0 Å². The highest BCUT2D eigenvalue weighted by atomic mass is 127. The highest BCUT2D eigenvalue weighted by Gasteiger charge is 2.20. The van der Waals surface area contributed by atoms with Crippen LogP contribution in [0.2, 0.25) is 0 Å². The molecule has 1 saturated carbocycles. The van der Waals surface area contributed by atoms with E-state index in [-0.39, 0.29) is 0 Å². The third kappa shape index (κ3) is 2.87. The van der Waals surface area contributed by atoms with Gasteiger partial charge in [-0.1, -0.05) is 6.07 Å². The molecule has 88 valence electrons. The molecule has 0 saturated heterocycles. The van der Waals surface area contributed by atoms with E-state index in [0.717, 1.165) is 24.0 Å². The maximum Gasteiger partial charge on any atom is 0.0766 e. The summed E-state index contributed by atoms with van der Waals surface area (Å²) in [5.74, 6) is 0. The summed E-state index contributed by atoms with van der Waals surface area (Å²) in [6, 6.07) is 11.2. The average molecular weight is 339 g/mol. The van der Waals surface area contributed by atoms with Gasteiger partial charge in [-0.3, -0.25) is 0 Å². The molecule has 1 fully saturated rings. The summed E-state index contributed by atoms with van der Waals surface area (Å²) < 4.78 is 3.17. The predicted molar refractivity (Wildman–Crippen MR) is 76.1 cm³/mol. The smallest absolute Gasteiger partial charge is 0.0766 e. The number of halogens is 1. The molecule has 0 atom stereocenters. The van der Waals surface area contributed by atoms with E-state index in [1.165, 1.54) is 16.4 Å². The summed E-state index contributed by atoms with van der Waals surface area (Å²) in [7, 11) is 0. The molecule has 0 bridgehead atoms. The normalized spacial score (nSPS) is 15.1. The Balaban J connectivity index is 1.74. The van der Waals surface area contributed by atoms with Crippen molar-refractivity contribution in [2.24, 2.45) is 0 Å². The summed E-state index contributed by atoms with van der Waals surface area (Å²) in [6.07, 6.45) is 4.66. The maximum absolute atomic E-state index is 4.57. The van der Waals surface area contributed by atoms with Crippen LogP contribution in [0.25, 0.3) is 5.69 Å². The van der Waals surface area contributed by atoms with Crippen LogP contribution in [0.15, 0.2) is 36.5 Å². The van der Waals surface area contributed by atoms with Gasteiger partial charge >= 0.3 is 0 Å². The third-order valence-corrected chi connectivity index (χ3v) is 3.54. The van der Waals surface area contributed by atoms with Gasteiger partial charge in [-0.05, 0) is 59.7 Å². The Hall–Kier alpha value is -0.880. The van der Waals surface area contributed by atoms with E-state index < -0.39 is 0 Å². The first-order valence-corrected chi connectivity index (χ1v) is 6.93. The quantitative estimate of drug-likeness (QED) is 0.868. The molecular weight excluding hydrogens is 325 g/mol. The van der Waals surface area contributed by atoms with Crippen LogP contribution >= 0.6 is 22.6 Å². The Morgan fingerprint density at radius 2 is 2.24 bits per heavy atom. The van der Waals surface area contributed by atoms with Gasteiger partial charge in [0.05, 0.1) is 11.4 Å². The van der Waals surface area contributed by atoms with Crippen LogP contribution in [0.4, 0.5) is 0 Å². The summed E-state index contributed by atoms with van der Waals surface area (Å²) >= 11 is 2.32. The first kappa shape index (κ1) is 11.2. The highest BCUT2D eigenvalue weighted by Crippen LogP contribution is 2.19. The van der Waals surface area contributed by atoms with Crippen molar-refractivity contribution in [1.82, 2.24) is 15.1 Å². The minimum atomic E-state index is 0.734. The number of hydrogen-bond donors (Lipinski definition) is 1. The second-order valence-corrected chi connectivity index (χ2v) is 5.63. The Morgan fingerprint density at radius 3 is 3.00 bits per heavy atom. The second kappa shape index (κ2) is 4.78. The lowest BCUT2D eigenvalue weighted by Crippen LogP contribution is -2.15. The number of aromatic nitrogens is 2. The molecule has 1 heterocycles. The molecule has 1 aromatic carbocycles. The van der Waals surface area contributed by atoms with Gasteiger partial charge in [0.15, 0.2) is 0 Å². The fourth-order valence-electron chi connectivity index (χ4n) is 1.75. The zero-order valence-electron chi connectivity index (χ0n) is 9.44. The van der Waals surface area contributed by atoms with Crippen LogP contribution < -0.4 is 5.32 Å². The molecule has 1 N–H and O–H groups in total. The molecule has 0 spiro atoms. The lowest BCUT2D eigenvalue weighted by atomic mass is 10.3. The van der Waals surface area contributed by atoms with Crippen molar-refractivity contribution in [2.45, 2.75) is 25.4 Å². The molecule has 0 amide bonds. The monoisotopic (exact) mass is 339 g/mol. The van der Waals surface area contributed by atoms with Gasteiger partial charge in [-0.15, -0.1) is 0 Å². The van der Waals surface area contributed by atoms with Crippen LogP contribution in [0.3, 0.4) is 0 Å². The summed E-state index contributed by atoms with van der Waals surface area (Å²) in [6.45, 7) is 0.877. The minimum Gasteiger partial charge on any atom is -0.308 e. The van der Waals surface area contributed by atoms with Crippen molar-refractivity contribution in [3.8, 4) is 5.69 Å². The van der Waals surface area contributed by atoms with Crippen LogP contribution in [-0.4, -0.2) is 15.8 Å². The van der Waals surface area contributed by atoms with Crippen LogP contribution in [0, 0.1) is 3.57 Å². The van der Waals surface area contributed by atoms with Crippen LogP contribution in [-0.2, 0) is 6.54 Å². The average Bonchev–Trinajstić information content (AvgIpc) is 3.04. The maximum atomic E-state index is 4.57. The molecule has 1 aliphatic rings. The predicted octanol–water partition coefficient (Wildman–Crippen LogP) is 2.73. The van der Waals surface area contributed by atoms with Gasteiger partial charge < -0.3 is 5.32 Å². The number of nitrogens with one attached hydrogen (secondary N) is 1. The Kier molecular flexibility index (Phi) is 3.15. The van der Waals surface area contributed by atoms with E-state index in [1.54, 1.807) is 0 Å². The van der Waals surface area contributed by atoms with Crippen LogP contribution in [0.1, 0.15) is 18.5 Å². The van der Waals surface area contributed by atoms with Crippen LogP contribution in [0.5, 0.6) is 0 Å². The molecule has 3 rings (SSSR count). The number of hydrogen-bond acceptors (Lipinski definition) is 2. The third-order valence-electron chi connectivity index (χ3n) is 2.87. The Bertz CT molecular complexity index is 517. The largest absolute Gasteiger partial charge is 0.308 e. The number of benzene rings is 1. The molecule has 4 heteroatoms. The topological polar surface area (TPSA) is 29.9 Å². The fourth-order valence-corrected chi connectivity index (χ4v) is 2.28. The second-order valence-electron chi connectivity index (χ2n) is 4.39. The molecule has 17 heavy (non-hydrogen) atoms. The zero-order valence-corrected chi connectivity index (χ0v) is 11.6. The fraction of sp³-hybridized carbons (Fsp3) is 0.308. The van der Waals surface area contributed by atoms with E-state index in [0.29, 0.717) is 0 Å². The van der Waals surface area contributed by atoms with E-state index in [1.807, 2.05) is 10.9 Å². The molecule has 1 aliphatic carbocycles. The molecule has 2 aromatic rings. The summed E-state index contributed by atoms with van der Waals surface area (Å²) in [5, 5.41) is 8.04. The lowest BCUT2D eigenvalue weighted by molar-refractivity contribution is 0.665. The SMILES string of the molecule is Ic1cccc(-n2ccc(CNC3CC3)n2)c1. The molecular formula is C13H14IN3. The molecule has 1 aromatic heterocycles. The summed E-state index contributed by atoms with van der Waals surface area (Å²) in [4.78, 5) is 0. The van der Waals surface area contributed by atoms with Gasteiger partial charge in [0, 0.05) is 22.4 Å². The van der Waals surface area contributed by atoms with Crippen molar-refractivity contribution in [3.63, 3.8) is 0 Å². The minimum absolute atomic E-state index is 0.734.